The van der Waals surface area contributed by atoms with Gasteiger partial charge < -0.3 is 19.9 Å². The lowest BCUT2D eigenvalue weighted by Gasteiger charge is -2.13. The van der Waals surface area contributed by atoms with Crippen LogP contribution in [0, 0.1) is 0 Å². The van der Waals surface area contributed by atoms with Gasteiger partial charge in [-0.2, -0.15) is 0 Å². The van der Waals surface area contributed by atoms with Crippen molar-refractivity contribution in [3.05, 3.63) is 47.0 Å². The van der Waals surface area contributed by atoms with Crippen molar-refractivity contribution in [2.45, 2.75) is 13.5 Å². The molecule has 0 amide bonds. The monoisotopic (exact) mass is 307 g/mol. The first kappa shape index (κ1) is 15.3. The van der Waals surface area contributed by atoms with Crippen LogP contribution < -0.4 is 14.8 Å². The minimum atomic E-state index is 0.213. The number of ether oxygens (including phenoxy) is 2. The van der Waals surface area contributed by atoms with Gasteiger partial charge in [-0.05, 0) is 37.3 Å². The van der Waals surface area contributed by atoms with Crippen molar-refractivity contribution in [1.29, 1.82) is 0 Å². The maximum absolute atomic E-state index is 9.79. The van der Waals surface area contributed by atoms with Gasteiger partial charge in [-0.3, -0.25) is 0 Å². The molecule has 2 N–H and O–H groups in total. The number of hydrogen-bond acceptors (Lipinski definition) is 4. The second kappa shape index (κ2) is 7.09. The van der Waals surface area contributed by atoms with Crippen LogP contribution in [0.3, 0.4) is 0 Å². The fourth-order valence-electron chi connectivity index (χ4n) is 1.95. The molecule has 0 heterocycles. The van der Waals surface area contributed by atoms with Crippen LogP contribution in [0.4, 0.5) is 5.69 Å². The van der Waals surface area contributed by atoms with E-state index in [2.05, 4.69) is 5.32 Å². The molecule has 0 radical (unpaired) electrons. The summed E-state index contributed by atoms with van der Waals surface area (Å²) < 4.78 is 10.8. The van der Waals surface area contributed by atoms with Gasteiger partial charge in [0.05, 0.1) is 13.7 Å². The van der Waals surface area contributed by atoms with Crippen molar-refractivity contribution in [3.63, 3.8) is 0 Å². The number of benzene rings is 2. The average molecular weight is 308 g/mol. The number of phenolic OH excluding ortho intramolecular Hbond substituents is 1. The second-order valence-corrected chi connectivity index (χ2v) is 4.86. The van der Waals surface area contributed by atoms with Crippen molar-refractivity contribution in [2.75, 3.05) is 19.0 Å². The number of aromatic hydroxyl groups is 1. The molecule has 21 heavy (non-hydrogen) atoms. The fraction of sp³-hybridized carbons (Fsp3) is 0.250. The molecule has 0 aliphatic carbocycles. The molecule has 0 aliphatic rings. The Kier molecular flexibility index (Phi) is 5.17. The van der Waals surface area contributed by atoms with Crippen molar-refractivity contribution < 1.29 is 14.6 Å². The van der Waals surface area contributed by atoms with Crippen molar-refractivity contribution >= 4 is 17.3 Å². The molecule has 0 bridgehead atoms. The quantitative estimate of drug-likeness (QED) is 0.845. The number of hydrogen-bond donors (Lipinski definition) is 2. The zero-order valence-corrected chi connectivity index (χ0v) is 12.8. The average Bonchev–Trinajstić information content (AvgIpc) is 2.49. The highest BCUT2D eigenvalue weighted by Crippen LogP contribution is 2.31. The summed E-state index contributed by atoms with van der Waals surface area (Å²) >= 11 is 5.93. The third-order valence-corrected chi connectivity index (χ3v) is 3.22. The first-order chi connectivity index (χ1) is 10.1. The molecule has 0 unspecified atom stereocenters. The molecule has 2 aromatic carbocycles. The van der Waals surface area contributed by atoms with E-state index in [-0.39, 0.29) is 5.75 Å². The highest BCUT2D eigenvalue weighted by Gasteiger charge is 2.06. The van der Waals surface area contributed by atoms with Crippen LogP contribution >= 0.6 is 11.6 Å². The van der Waals surface area contributed by atoms with Gasteiger partial charge in [0, 0.05) is 28.9 Å². The zero-order chi connectivity index (χ0) is 15.2. The minimum absolute atomic E-state index is 0.213. The molecule has 0 aliphatic heterocycles. The predicted octanol–water partition coefficient (Wildman–Crippen LogP) is 4.07. The van der Waals surface area contributed by atoms with Crippen LogP contribution in [-0.4, -0.2) is 18.8 Å². The van der Waals surface area contributed by atoms with E-state index in [0.29, 0.717) is 29.7 Å². The molecular formula is C16H18ClNO3. The molecule has 0 atom stereocenters. The highest BCUT2D eigenvalue weighted by molar-refractivity contribution is 6.30. The third kappa shape index (κ3) is 3.95. The molecule has 4 nitrogen and oxygen atoms in total. The van der Waals surface area contributed by atoms with Gasteiger partial charge in [0.1, 0.15) is 5.75 Å². The summed E-state index contributed by atoms with van der Waals surface area (Å²) in [6.45, 7) is 2.95. The molecule has 0 saturated carbocycles. The lowest BCUT2D eigenvalue weighted by molar-refractivity contribution is 0.311. The van der Waals surface area contributed by atoms with E-state index >= 15 is 0 Å². The Morgan fingerprint density at radius 2 is 1.95 bits per heavy atom. The number of anilines is 1. The summed E-state index contributed by atoms with van der Waals surface area (Å²) in [6.07, 6.45) is 0. The molecule has 0 fully saturated rings. The van der Waals surface area contributed by atoms with Crippen LogP contribution in [0.25, 0.3) is 0 Å². The number of halogens is 1. The van der Waals surface area contributed by atoms with Crippen LogP contribution in [-0.2, 0) is 6.54 Å². The van der Waals surface area contributed by atoms with Crippen molar-refractivity contribution in [1.82, 2.24) is 0 Å². The van der Waals surface area contributed by atoms with Crippen molar-refractivity contribution in [3.8, 4) is 17.2 Å². The first-order valence-corrected chi connectivity index (χ1v) is 7.04. The van der Waals surface area contributed by atoms with E-state index in [9.17, 15) is 5.11 Å². The van der Waals surface area contributed by atoms with E-state index in [4.69, 9.17) is 21.1 Å². The molecule has 5 heteroatoms. The lowest BCUT2D eigenvalue weighted by Crippen LogP contribution is -2.01. The summed E-state index contributed by atoms with van der Waals surface area (Å²) in [5, 5.41) is 13.6. The van der Waals surface area contributed by atoms with Gasteiger partial charge in [-0.1, -0.05) is 11.6 Å². The second-order valence-electron chi connectivity index (χ2n) is 4.43. The Labute approximate surface area is 129 Å². The van der Waals surface area contributed by atoms with Gasteiger partial charge in [-0.15, -0.1) is 0 Å². The normalized spacial score (nSPS) is 10.2. The van der Waals surface area contributed by atoms with E-state index < -0.39 is 0 Å². The molecule has 0 saturated heterocycles. The molecule has 2 aromatic rings. The SMILES string of the molecule is CCOc1cc(NCc2cc(Cl)ccc2O)ccc1OC. The van der Waals surface area contributed by atoms with Crippen LogP contribution in [0.15, 0.2) is 36.4 Å². The Hall–Kier alpha value is -2.07. The Bertz CT molecular complexity index is 616. The summed E-state index contributed by atoms with van der Waals surface area (Å²) in [4.78, 5) is 0. The summed E-state index contributed by atoms with van der Waals surface area (Å²) in [6, 6.07) is 10.6. The van der Waals surface area contributed by atoms with E-state index in [1.807, 2.05) is 25.1 Å². The minimum Gasteiger partial charge on any atom is -0.508 e. The van der Waals surface area contributed by atoms with Gasteiger partial charge in [0.15, 0.2) is 11.5 Å². The molecule has 0 aromatic heterocycles. The topological polar surface area (TPSA) is 50.7 Å². The summed E-state index contributed by atoms with van der Waals surface area (Å²) in [7, 11) is 1.61. The van der Waals surface area contributed by atoms with Crippen LogP contribution in [0.1, 0.15) is 12.5 Å². The molecular weight excluding hydrogens is 290 g/mol. The maximum atomic E-state index is 9.79. The Morgan fingerprint density at radius 3 is 2.67 bits per heavy atom. The summed E-state index contributed by atoms with van der Waals surface area (Å²) in [5.41, 5.74) is 1.61. The highest BCUT2D eigenvalue weighted by atomic mass is 35.5. The van der Waals surface area contributed by atoms with Gasteiger partial charge in [-0.25, -0.2) is 0 Å². The van der Waals surface area contributed by atoms with E-state index in [0.717, 1.165) is 11.3 Å². The van der Waals surface area contributed by atoms with Crippen LogP contribution in [0.2, 0.25) is 5.02 Å². The standard InChI is InChI=1S/C16H18ClNO3/c1-3-21-16-9-13(5-7-15(16)20-2)18-10-11-8-12(17)4-6-14(11)19/h4-9,18-19H,3,10H2,1-2H3. The molecule has 112 valence electrons. The lowest BCUT2D eigenvalue weighted by atomic mass is 10.2. The number of nitrogens with one attached hydrogen (secondary N) is 1. The number of rotatable bonds is 6. The Balaban J connectivity index is 2.12. The molecule has 2 rings (SSSR count). The number of methoxy groups -OCH3 is 1. The first-order valence-electron chi connectivity index (χ1n) is 6.66. The van der Waals surface area contributed by atoms with E-state index in [1.165, 1.54) is 0 Å². The molecule has 0 spiro atoms. The smallest absolute Gasteiger partial charge is 0.163 e. The van der Waals surface area contributed by atoms with Crippen LogP contribution in [0.5, 0.6) is 17.2 Å². The third-order valence-electron chi connectivity index (χ3n) is 2.99. The van der Waals surface area contributed by atoms with E-state index in [1.54, 1.807) is 25.3 Å². The largest absolute Gasteiger partial charge is 0.508 e. The summed E-state index contributed by atoms with van der Waals surface area (Å²) in [5.74, 6) is 1.58. The van der Waals surface area contributed by atoms with Gasteiger partial charge in [0.2, 0.25) is 0 Å². The zero-order valence-electron chi connectivity index (χ0n) is 12.0. The predicted molar refractivity (Wildman–Crippen MR) is 84.6 cm³/mol. The van der Waals surface area contributed by atoms with Crippen molar-refractivity contribution in [2.24, 2.45) is 0 Å². The maximum Gasteiger partial charge on any atom is 0.163 e. The van der Waals surface area contributed by atoms with Gasteiger partial charge in [0.25, 0.3) is 0 Å². The number of phenols is 1. The fourth-order valence-corrected chi connectivity index (χ4v) is 2.14. The van der Waals surface area contributed by atoms with Gasteiger partial charge >= 0.3 is 0 Å². The Morgan fingerprint density at radius 1 is 1.14 bits per heavy atom.